The van der Waals surface area contributed by atoms with E-state index in [4.69, 9.17) is 0 Å². The summed E-state index contributed by atoms with van der Waals surface area (Å²) in [7, 11) is 0. The lowest BCUT2D eigenvalue weighted by molar-refractivity contribution is -0.139. The fourth-order valence-electron chi connectivity index (χ4n) is 3.77. The van der Waals surface area contributed by atoms with E-state index in [0.29, 0.717) is 6.42 Å². The van der Waals surface area contributed by atoms with Gasteiger partial charge in [0.15, 0.2) is 0 Å². The molecule has 2 aromatic rings. The maximum absolute atomic E-state index is 11.2. The third-order valence-electron chi connectivity index (χ3n) is 5.22. The minimum atomic E-state index is -0.748. The Morgan fingerprint density at radius 2 is 2.00 bits per heavy atom. The predicted octanol–water partition coefficient (Wildman–Crippen LogP) is 0.695. The number of tetrazole rings is 1. The largest absolute Gasteiger partial charge is 0.480 e. The van der Waals surface area contributed by atoms with Crippen molar-refractivity contribution in [3.8, 4) is 5.69 Å². The number of carboxylic acid groups (broad SMARTS) is 1. The predicted molar refractivity (Wildman–Crippen MR) is 87.1 cm³/mol. The fourth-order valence-corrected chi connectivity index (χ4v) is 3.77. The van der Waals surface area contributed by atoms with E-state index in [0.717, 1.165) is 44.1 Å². The molecule has 2 N–H and O–H groups in total. The van der Waals surface area contributed by atoms with Crippen LogP contribution in [0.2, 0.25) is 0 Å². The van der Waals surface area contributed by atoms with Gasteiger partial charge in [0.2, 0.25) is 5.95 Å². The minimum Gasteiger partial charge on any atom is -0.480 e. The molecule has 1 spiro atoms. The molecule has 0 bridgehead atoms. The maximum atomic E-state index is 11.2. The van der Waals surface area contributed by atoms with Crippen LogP contribution in [-0.4, -0.2) is 57.0 Å². The summed E-state index contributed by atoms with van der Waals surface area (Å²) in [5, 5.41) is 24.5. The average Bonchev–Trinajstić information content (AvgIpc) is 3.24. The number of carbonyl (C=O) groups is 1. The number of piperidine rings is 1. The Morgan fingerprint density at radius 1 is 1.25 bits per heavy atom. The lowest BCUT2D eigenvalue weighted by atomic mass is 9.76. The van der Waals surface area contributed by atoms with Gasteiger partial charge in [0.25, 0.3) is 0 Å². The van der Waals surface area contributed by atoms with Crippen LogP contribution in [0, 0.1) is 5.41 Å². The van der Waals surface area contributed by atoms with E-state index in [2.05, 4.69) is 25.7 Å². The van der Waals surface area contributed by atoms with Crippen LogP contribution < -0.4 is 10.2 Å². The first-order valence-corrected chi connectivity index (χ1v) is 8.22. The van der Waals surface area contributed by atoms with Gasteiger partial charge in [-0.05, 0) is 47.2 Å². The second-order valence-corrected chi connectivity index (χ2v) is 6.69. The molecule has 0 aliphatic carbocycles. The van der Waals surface area contributed by atoms with Crippen LogP contribution in [0.4, 0.5) is 5.95 Å². The summed E-state index contributed by atoms with van der Waals surface area (Å²) in [5.41, 5.74) is 1.02. The smallest absolute Gasteiger partial charge is 0.320 e. The van der Waals surface area contributed by atoms with Gasteiger partial charge in [-0.3, -0.25) is 4.79 Å². The molecular formula is C16H20N6O2. The molecule has 24 heavy (non-hydrogen) atoms. The first-order chi connectivity index (χ1) is 11.7. The van der Waals surface area contributed by atoms with Crippen LogP contribution in [0.1, 0.15) is 19.3 Å². The lowest BCUT2D eigenvalue weighted by Gasteiger charge is -2.38. The van der Waals surface area contributed by atoms with Gasteiger partial charge in [-0.15, -0.1) is 0 Å². The number of rotatable bonds is 3. The summed E-state index contributed by atoms with van der Waals surface area (Å²) in [5.74, 6) is -0.000819. The molecular weight excluding hydrogens is 308 g/mol. The number of hydrogen-bond acceptors (Lipinski definition) is 6. The van der Waals surface area contributed by atoms with Crippen LogP contribution in [-0.2, 0) is 4.79 Å². The van der Waals surface area contributed by atoms with Gasteiger partial charge >= 0.3 is 5.97 Å². The summed E-state index contributed by atoms with van der Waals surface area (Å²) >= 11 is 0. The van der Waals surface area contributed by atoms with Crippen molar-refractivity contribution in [1.82, 2.24) is 25.5 Å². The van der Waals surface area contributed by atoms with E-state index in [1.54, 1.807) is 4.68 Å². The van der Waals surface area contributed by atoms with Crippen molar-refractivity contribution in [2.75, 3.05) is 24.5 Å². The van der Waals surface area contributed by atoms with Crippen LogP contribution in [0.5, 0.6) is 0 Å². The highest BCUT2D eigenvalue weighted by atomic mass is 16.4. The zero-order valence-corrected chi connectivity index (χ0v) is 13.3. The monoisotopic (exact) mass is 328 g/mol. The Morgan fingerprint density at radius 3 is 2.67 bits per heavy atom. The van der Waals surface area contributed by atoms with Gasteiger partial charge in [0.1, 0.15) is 6.04 Å². The number of carboxylic acids is 1. The summed E-state index contributed by atoms with van der Waals surface area (Å²) in [6.45, 7) is 2.45. The van der Waals surface area contributed by atoms with Gasteiger partial charge in [-0.1, -0.05) is 23.3 Å². The second kappa shape index (κ2) is 5.86. The third-order valence-corrected chi connectivity index (χ3v) is 5.22. The fraction of sp³-hybridized carbons (Fsp3) is 0.500. The molecule has 0 radical (unpaired) electrons. The number of hydrogen-bond donors (Lipinski definition) is 2. The first-order valence-electron chi connectivity index (χ1n) is 8.22. The highest BCUT2D eigenvalue weighted by Gasteiger charge is 2.44. The zero-order chi connectivity index (χ0) is 16.6. The number of aliphatic carboxylic acids is 1. The van der Waals surface area contributed by atoms with E-state index in [9.17, 15) is 9.90 Å². The molecule has 2 aliphatic rings. The van der Waals surface area contributed by atoms with E-state index in [1.165, 1.54) is 0 Å². The maximum Gasteiger partial charge on any atom is 0.320 e. The molecule has 2 aliphatic heterocycles. The minimum absolute atomic E-state index is 0.0879. The quantitative estimate of drug-likeness (QED) is 0.856. The third kappa shape index (κ3) is 2.62. The zero-order valence-electron chi connectivity index (χ0n) is 13.3. The Kier molecular flexibility index (Phi) is 3.68. The molecule has 2 saturated heterocycles. The number of benzene rings is 1. The topological polar surface area (TPSA) is 96.2 Å². The Labute approximate surface area is 139 Å². The molecule has 2 fully saturated rings. The molecule has 1 atom stereocenters. The van der Waals surface area contributed by atoms with E-state index in [-0.39, 0.29) is 5.41 Å². The molecule has 0 saturated carbocycles. The van der Waals surface area contributed by atoms with Crippen molar-refractivity contribution < 1.29 is 9.90 Å². The van der Waals surface area contributed by atoms with E-state index in [1.807, 2.05) is 30.3 Å². The molecule has 1 aromatic carbocycles. The van der Waals surface area contributed by atoms with Gasteiger partial charge in [0.05, 0.1) is 5.69 Å². The normalized spacial score (nSPS) is 22.8. The molecule has 0 amide bonds. The van der Waals surface area contributed by atoms with Gasteiger partial charge in [0, 0.05) is 19.6 Å². The Balaban J connectivity index is 1.48. The van der Waals surface area contributed by atoms with Crippen molar-refractivity contribution >= 4 is 11.9 Å². The molecule has 1 aromatic heterocycles. The molecule has 3 heterocycles. The van der Waals surface area contributed by atoms with Crippen LogP contribution in [0.3, 0.4) is 0 Å². The Hall–Kier alpha value is -2.48. The van der Waals surface area contributed by atoms with E-state index >= 15 is 0 Å². The van der Waals surface area contributed by atoms with Crippen molar-refractivity contribution in [3.05, 3.63) is 30.3 Å². The molecule has 126 valence electrons. The van der Waals surface area contributed by atoms with Crippen molar-refractivity contribution in [2.24, 2.45) is 5.41 Å². The standard InChI is InChI=1S/C16H20N6O2/c23-14(24)13-10-16(11-17-13)6-8-21(9-7-16)15-18-19-20-22(15)12-4-2-1-3-5-12/h1-5,13,17H,6-11H2,(H,23,24). The average molecular weight is 328 g/mol. The van der Waals surface area contributed by atoms with Crippen LogP contribution >= 0.6 is 0 Å². The van der Waals surface area contributed by atoms with Crippen molar-refractivity contribution in [3.63, 3.8) is 0 Å². The molecule has 8 heteroatoms. The van der Waals surface area contributed by atoms with Crippen molar-refractivity contribution in [2.45, 2.75) is 25.3 Å². The SMILES string of the molecule is O=C(O)C1CC2(CCN(c3nnnn3-c3ccccc3)CC2)CN1. The van der Waals surface area contributed by atoms with Crippen LogP contribution in [0.15, 0.2) is 30.3 Å². The summed E-state index contributed by atoms with van der Waals surface area (Å²) in [6.07, 6.45) is 2.61. The Bertz CT molecular complexity index is 723. The van der Waals surface area contributed by atoms with Crippen molar-refractivity contribution in [1.29, 1.82) is 0 Å². The number of nitrogens with one attached hydrogen (secondary N) is 1. The number of para-hydroxylation sites is 1. The first kappa shape index (κ1) is 15.1. The number of aromatic nitrogens is 4. The van der Waals surface area contributed by atoms with Gasteiger partial charge in [-0.2, -0.15) is 4.68 Å². The molecule has 8 nitrogen and oxygen atoms in total. The second-order valence-electron chi connectivity index (χ2n) is 6.69. The van der Waals surface area contributed by atoms with Crippen LogP contribution in [0.25, 0.3) is 5.69 Å². The summed E-state index contributed by atoms with van der Waals surface area (Å²) in [6, 6.07) is 9.42. The summed E-state index contributed by atoms with van der Waals surface area (Å²) < 4.78 is 1.75. The highest BCUT2D eigenvalue weighted by molar-refractivity contribution is 5.74. The summed E-state index contributed by atoms with van der Waals surface area (Å²) in [4.78, 5) is 13.4. The number of anilines is 1. The molecule has 4 rings (SSSR count). The highest BCUT2D eigenvalue weighted by Crippen LogP contribution is 2.40. The van der Waals surface area contributed by atoms with Gasteiger partial charge < -0.3 is 15.3 Å². The number of nitrogens with zero attached hydrogens (tertiary/aromatic N) is 5. The lowest BCUT2D eigenvalue weighted by Crippen LogP contribution is -2.42. The van der Waals surface area contributed by atoms with Gasteiger partial charge in [-0.25, -0.2) is 0 Å². The molecule has 1 unspecified atom stereocenters. The van der Waals surface area contributed by atoms with E-state index < -0.39 is 12.0 Å².